The molecule has 116 valence electrons. The molecule has 0 aliphatic rings. The molecule has 0 aliphatic carbocycles. The molecular formula is C18H20INO2. The van der Waals surface area contributed by atoms with Crippen molar-refractivity contribution in [3.05, 3.63) is 50.6 Å². The molecule has 4 heteroatoms. The predicted molar refractivity (Wildman–Crippen MR) is 100 cm³/mol. The van der Waals surface area contributed by atoms with Crippen LogP contribution >= 0.6 is 22.6 Å². The van der Waals surface area contributed by atoms with Gasteiger partial charge in [0, 0.05) is 6.21 Å². The molecule has 0 heterocycles. The Morgan fingerprint density at radius 3 is 2.59 bits per heavy atom. The van der Waals surface area contributed by atoms with E-state index in [-0.39, 0.29) is 0 Å². The molecule has 2 aromatic rings. The summed E-state index contributed by atoms with van der Waals surface area (Å²) in [6.07, 6.45) is 1.86. The molecular weight excluding hydrogens is 389 g/mol. The maximum Gasteiger partial charge on any atom is 0.174 e. The third kappa shape index (κ3) is 4.00. The maximum absolute atomic E-state index is 5.63. The molecule has 0 atom stereocenters. The molecule has 2 aromatic carbocycles. The predicted octanol–water partition coefficient (Wildman–Crippen LogP) is 5.07. The van der Waals surface area contributed by atoms with Crippen molar-refractivity contribution < 1.29 is 9.47 Å². The van der Waals surface area contributed by atoms with Crippen molar-refractivity contribution in [2.24, 2.45) is 4.99 Å². The van der Waals surface area contributed by atoms with Crippen LogP contribution in [0.5, 0.6) is 11.5 Å². The van der Waals surface area contributed by atoms with Gasteiger partial charge in [0.2, 0.25) is 0 Å². The summed E-state index contributed by atoms with van der Waals surface area (Å²) in [5, 5.41) is 0. The number of aliphatic imine (C=N–C) groups is 1. The van der Waals surface area contributed by atoms with Gasteiger partial charge in [-0.1, -0.05) is 17.7 Å². The van der Waals surface area contributed by atoms with E-state index in [1.54, 1.807) is 7.11 Å². The van der Waals surface area contributed by atoms with Crippen LogP contribution in [0.4, 0.5) is 5.69 Å². The third-order valence-corrected chi connectivity index (χ3v) is 4.05. The summed E-state index contributed by atoms with van der Waals surface area (Å²) in [6, 6.07) is 10.2. The molecule has 0 unspecified atom stereocenters. The minimum atomic E-state index is 0.613. The first-order chi connectivity index (χ1) is 10.5. The summed E-state index contributed by atoms with van der Waals surface area (Å²) < 4.78 is 12.1. The van der Waals surface area contributed by atoms with E-state index in [0.717, 1.165) is 26.3 Å². The molecule has 0 fully saturated rings. The van der Waals surface area contributed by atoms with Gasteiger partial charge in [-0.05, 0) is 72.7 Å². The van der Waals surface area contributed by atoms with Gasteiger partial charge in [0.05, 0.1) is 23.0 Å². The second kappa shape index (κ2) is 7.63. The van der Waals surface area contributed by atoms with Gasteiger partial charge in [-0.3, -0.25) is 4.99 Å². The fourth-order valence-corrected chi connectivity index (χ4v) is 2.97. The zero-order valence-electron chi connectivity index (χ0n) is 13.3. The highest BCUT2D eigenvalue weighted by atomic mass is 127. The second-order valence-corrected chi connectivity index (χ2v) is 6.18. The second-order valence-electron chi connectivity index (χ2n) is 5.02. The third-order valence-electron chi connectivity index (χ3n) is 3.25. The number of methoxy groups -OCH3 is 1. The van der Waals surface area contributed by atoms with Crippen molar-refractivity contribution in [2.45, 2.75) is 20.8 Å². The van der Waals surface area contributed by atoms with E-state index in [0.29, 0.717) is 6.61 Å². The highest BCUT2D eigenvalue weighted by Crippen LogP contribution is 2.33. The van der Waals surface area contributed by atoms with Crippen molar-refractivity contribution in [3.63, 3.8) is 0 Å². The van der Waals surface area contributed by atoms with Gasteiger partial charge in [0.15, 0.2) is 11.5 Å². The number of aryl methyl sites for hydroxylation is 2. The van der Waals surface area contributed by atoms with Crippen molar-refractivity contribution in [2.75, 3.05) is 13.7 Å². The molecule has 0 spiro atoms. The van der Waals surface area contributed by atoms with Gasteiger partial charge in [0.1, 0.15) is 0 Å². The first-order valence-corrected chi connectivity index (χ1v) is 8.24. The molecule has 0 amide bonds. The van der Waals surface area contributed by atoms with Crippen LogP contribution in [0.2, 0.25) is 0 Å². The number of ether oxygens (including phenoxy) is 2. The summed E-state index contributed by atoms with van der Waals surface area (Å²) in [4.78, 5) is 4.58. The fraction of sp³-hybridized carbons (Fsp3) is 0.278. The van der Waals surface area contributed by atoms with Gasteiger partial charge >= 0.3 is 0 Å². The monoisotopic (exact) mass is 409 g/mol. The zero-order chi connectivity index (χ0) is 16.1. The van der Waals surface area contributed by atoms with Crippen LogP contribution in [0, 0.1) is 17.4 Å². The summed E-state index contributed by atoms with van der Waals surface area (Å²) >= 11 is 2.26. The molecule has 2 rings (SSSR count). The Morgan fingerprint density at radius 2 is 1.95 bits per heavy atom. The van der Waals surface area contributed by atoms with Crippen molar-refractivity contribution in [3.8, 4) is 11.5 Å². The van der Waals surface area contributed by atoms with E-state index >= 15 is 0 Å². The van der Waals surface area contributed by atoms with Crippen molar-refractivity contribution in [1.82, 2.24) is 0 Å². The average Bonchev–Trinajstić information content (AvgIpc) is 2.48. The lowest BCUT2D eigenvalue weighted by molar-refractivity contribution is 0.308. The Hall–Kier alpha value is -1.56. The fourth-order valence-electron chi connectivity index (χ4n) is 2.19. The van der Waals surface area contributed by atoms with Crippen LogP contribution in [0.15, 0.2) is 35.3 Å². The number of nitrogens with zero attached hydrogens (tertiary/aromatic N) is 1. The number of benzene rings is 2. The molecule has 0 saturated carbocycles. The SMILES string of the molecule is CCOc1c(I)cc(C=Nc2ccc(C)cc2C)cc1OC. The Labute approximate surface area is 145 Å². The zero-order valence-corrected chi connectivity index (χ0v) is 15.5. The van der Waals surface area contributed by atoms with Gasteiger partial charge in [-0.15, -0.1) is 0 Å². The number of hydrogen-bond donors (Lipinski definition) is 0. The van der Waals surface area contributed by atoms with Gasteiger partial charge in [-0.2, -0.15) is 0 Å². The van der Waals surface area contributed by atoms with Crippen LogP contribution in [-0.4, -0.2) is 19.9 Å². The van der Waals surface area contributed by atoms with Crippen molar-refractivity contribution >= 4 is 34.5 Å². The van der Waals surface area contributed by atoms with Crippen LogP contribution in [0.1, 0.15) is 23.6 Å². The Balaban J connectivity index is 2.33. The van der Waals surface area contributed by atoms with E-state index in [2.05, 4.69) is 53.6 Å². The van der Waals surface area contributed by atoms with E-state index in [1.807, 2.05) is 31.3 Å². The van der Waals surface area contributed by atoms with E-state index in [4.69, 9.17) is 9.47 Å². The summed E-state index contributed by atoms with van der Waals surface area (Å²) in [6.45, 7) is 6.73. The maximum atomic E-state index is 5.63. The lowest BCUT2D eigenvalue weighted by Gasteiger charge is -2.12. The van der Waals surface area contributed by atoms with Gasteiger partial charge in [-0.25, -0.2) is 0 Å². The molecule has 0 radical (unpaired) electrons. The van der Waals surface area contributed by atoms with Crippen molar-refractivity contribution in [1.29, 1.82) is 0 Å². The first kappa shape index (κ1) is 16.8. The van der Waals surface area contributed by atoms with Gasteiger partial charge < -0.3 is 9.47 Å². The minimum absolute atomic E-state index is 0.613. The summed E-state index contributed by atoms with van der Waals surface area (Å²) in [5.74, 6) is 1.52. The standard InChI is InChI=1S/C18H20INO2/c1-5-22-18-15(19)9-14(10-17(18)21-4)11-20-16-7-6-12(2)8-13(16)3/h6-11H,5H2,1-4H3. The number of halogens is 1. The molecule has 0 saturated heterocycles. The van der Waals surface area contributed by atoms with E-state index < -0.39 is 0 Å². The first-order valence-electron chi connectivity index (χ1n) is 7.16. The Morgan fingerprint density at radius 1 is 1.18 bits per heavy atom. The lowest BCUT2D eigenvalue weighted by Crippen LogP contribution is -1.99. The topological polar surface area (TPSA) is 30.8 Å². The Bertz CT molecular complexity index is 696. The summed E-state index contributed by atoms with van der Waals surface area (Å²) in [5.41, 5.74) is 4.38. The molecule has 22 heavy (non-hydrogen) atoms. The number of rotatable bonds is 5. The molecule has 0 bridgehead atoms. The normalized spacial score (nSPS) is 11.0. The van der Waals surface area contributed by atoms with Crippen LogP contribution < -0.4 is 9.47 Å². The largest absolute Gasteiger partial charge is 0.493 e. The Kier molecular flexibility index (Phi) is 5.83. The molecule has 0 aliphatic heterocycles. The van der Waals surface area contributed by atoms with Crippen LogP contribution in [-0.2, 0) is 0 Å². The highest BCUT2D eigenvalue weighted by Gasteiger charge is 2.10. The highest BCUT2D eigenvalue weighted by molar-refractivity contribution is 14.1. The molecule has 0 aromatic heterocycles. The minimum Gasteiger partial charge on any atom is -0.493 e. The van der Waals surface area contributed by atoms with E-state index in [9.17, 15) is 0 Å². The number of hydrogen-bond acceptors (Lipinski definition) is 3. The smallest absolute Gasteiger partial charge is 0.174 e. The molecule has 3 nitrogen and oxygen atoms in total. The quantitative estimate of drug-likeness (QED) is 0.510. The lowest BCUT2D eigenvalue weighted by atomic mass is 10.1. The summed E-state index contributed by atoms with van der Waals surface area (Å²) in [7, 11) is 1.65. The van der Waals surface area contributed by atoms with Crippen LogP contribution in [0.25, 0.3) is 0 Å². The van der Waals surface area contributed by atoms with Gasteiger partial charge in [0.25, 0.3) is 0 Å². The molecule has 0 N–H and O–H groups in total. The van der Waals surface area contributed by atoms with Crippen LogP contribution in [0.3, 0.4) is 0 Å². The van der Waals surface area contributed by atoms with E-state index in [1.165, 1.54) is 11.1 Å². The average molecular weight is 409 g/mol.